The number of nitrogens with zero attached hydrogens (tertiary/aromatic N) is 1. The zero-order valence-electron chi connectivity index (χ0n) is 10.9. The molecule has 1 saturated carbocycles. The molecule has 0 radical (unpaired) electrons. The summed E-state index contributed by atoms with van der Waals surface area (Å²) < 4.78 is 0. The molecule has 0 saturated heterocycles. The lowest BCUT2D eigenvalue weighted by Crippen LogP contribution is -2.45. The molecule has 3 heteroatoms. The van der Waals surface area contributed by atoms with Gasteiger partial charge in [-0.15, -0.1) is 11.6 Å². The van der Waals surface area contributed by atoms with Crippen molar-refractivity contribution < 1.29 is 4.79 Å². The molecule has 2 rings (SSSR count). The van der Waals surface area contributed by atoms with E-state index in [1.165, 1.54) is 6.42 Å². The van der Waals surface area contributed by atoms with Gasteiger partial charge in [0.1, 0.15) is 0 Å². The second-order valence-electron chi connectivity index (χ2n) is 4.94. The van der Waals surface area contributed by atoms with Crippen LogP contribution < -0.4 is 0 Å². The predicted octanol–water partition coefficient (Wildman–Crippen LogP) is 3.62. The second kappa shape index (κ2) is 6.24. The Morgan fingerprint density at radius 3 is 2.67 bits per heavy atom. The molecule has 0 aliphatic heterocycles. The lowest BCUT2D eigenvalue weighted by atomic mass is 9.90. The average Bonchev–Trinajstić information content (AvgIpc) is 2.32. The van der Waals surface area contributed by atoms with Gasteiger partial charge in [-0.2, -0.15) is 0 Å². The van der Waals surface area contributed by atoms with Gasteiger partial charge in [0.25, 0.3) is 5.91 Å². The molecule has 0 N–H and O–H groups in total. The highest BCUT2D eigenvalue weighted by atomic mass is 35.5. The largest absolute Gasteiger partial charge is 0.336 e. The van der Waals surface area contributed by atoms with E-state index < -0.39 is 0 Å². The molecule has 98 valence electrons. The Morgan fingerprint density at radius 2 is 2.11 bits per heavy atom. The van der Waals surface area contributed by atoms with Gasteiger partial charge in [-0.05, 0) is 44.2 Å². The van der Waals surface area contributed by atoms with Crippen molar-refractivity contribution >= 4 is 17.5 Å². The molecule has 1 aliphatic rings. The van der Waals surface area contributed by atoms with Crippen LogP contribution in [0.5, 0.6) is 0 Å². The SMILES string of the molecule is Cc1ccccc1C(=O)N(CCCCl)C1CCC1. The van der Waals surface area contributed by atoms with Crippen molar-refractivity contribution in [3.8, 4) is 0 Å². The van der Waals surface area contributed by atoms with Crippen LogP contribution in [0.25, 0.3) is 0 Å². The van der Waals surface area contributed by atoms with E-state index in [1.54, 1.807) is 0 Å². The van der Waals surface area contributed by atoms with Gasteiger partial charge >= 0.3 is 0 Å². The lowest BCUT2D eigenvalue weighted by molar-refractivity contribution is 0.0580. The van der Waals surface area contributed by atoms with Gasteiger partial charge in [0, 0.05) is 24.0 Å². The molecule has 0 spiro atoms. The van der Waals surface area contributed by atoms with Crippen LogP contribution >= 0.6 is 11.6 Å². The lowest BCUT2D eigenvalue weighted by Gasteiger charge is -2.38. The normalized spacial score (nSPS) is 15.2. The number of alkyl halides is 1. The van der Waals surface area contributed by atoms with Crippen molar-refractivity contribution in [2.24, 2.45) is 0 Å². The van der Waals surface area contributed by atoms with Crippen molar-refractivity contribution in [3.05, 3.63) is 35.4 Å². The van der Waals surface area contributed by atoms with Crippen LogP contribution in [0.4, 0.5) is 0 Å². The highest BCUT2D eigenvalue weighted by Gasteiger charge is 2.29. The van der Waals surface area contributed by atoms with E-state index in [0.29, 0.717) is 11.9 Å². The first kappa shape index (κ1) is 13.4. The number of halogens is 1. The summed E-state index contributed by atoms with van der Waals surface area (Å²) >= 11 is 5.76. The number of carbonyl (C=O) groups is 1. The first-order valence-electron chi connectivity index (χ1n) is 6.66. The fraction of sp³-hybridized carbons (Fsp3) is 0.533. The number of amides is 1. The molecular weight excluding hydrogens is 246 g/mol. The van der Waals surface area contributed by atoms with Gasteiger partial charge in [-0.3, -0.25) is 4.79 Å². The van der Waals surface area contributed by atoms with E-state index in [4.69, 9.17) is 11.6 Å². The summed E-state index contributed by atoms with van der Waals surface area (Å²) in [6.07, 6.45) is 4.39. The number of hydrogen-bond donors (Lipinski definition) is 0. The van der Waals surface area contributed by atoms with E-state index in [0.717, 1.165) is 36.9 Å². The monoisotopic (exact) mass is 265 g/mol. The molecule has 2 nitrogen and oxygen atoms in total. The third-order valence-electron chi connectivity index (χ3n) is 3.68. The third-order valence-corrected chi connectivity index (χ3v) is 3.95. The first-order valence-corrected chi connectivity index (χ1v) is 7.20. The fourth-order valence-corrected chi connectivity index (χ4v) is 2.47. The second-order valence-corrected chi connectivity index (χ2v) is 5.32. The molecular formula is C15H20ClNO. The summed E-state index contributed by atoms with van der Waals surface area (Å²) in [4.78, 5) is 14.6. The molecule has 0 aromatic heterocycles. The van der Waals surface area contributed by atoms with Gasteiger partial charge < -0.3 is 4.90 Å². The third kappa shape index (κ3) is 2.86. The predicted molar refractivity (Wildman–Crippen MR) is 75.2 cm³/mol. The van der Waals surface area contributed by atoms with Crippen LogP contribution in [0.3, 0.4) is 0 Å². The minimum absolute atomic E-state index is 0.169. The molecule has 1 amide bonds. The standard InChI is InChI=1S/C15H20ClNO/c1-12-6-2-3-9-14(12)15(18)17(11-5-10-16)13-7-4-8-13/h2-3,6,9,13H,4-5,7-8,10-11H2,1H3. The molecule has 0 bridgehead atoms. The minimum atomic E-state index is 0.169. The topological polar surface area (TPSA) is 20.3 Å². The highest BCUT2D eigenvalue weighted by molar-refractivity contribution is 6.17. The summed E-state index contributed by atoms with van der Waals surface area (Å²) in [7, 11) is 0. The van der Waals surface area contributed by atoms with Crippen LogP contribution in [0.2, 0.25) is 0 Å². The maximum Gasteiger partial charge on any atom is 0.254 e. The zero-order valence-corrected chi connectivity index (χ0v) is 11.6. The summed E-state index contributed by atoms with van der Waals surface area (Å²) in [5, 5.41) is 0. The number of aryl methyl sites for hydroxylation is 1. The molecule has 1 aliphatic carbocycles. The Morgan fingerprint density at radius 1 is 1.39 bits per heavy atom. The van der Waals surface area contributed by atoms with Gasteiger partial charge in [-0.1, -0.05) is 18.2 Å². The fourth-order valence-electron chi connectivity index (χ4n) is 2.35. The molecule has 1 aromatic rings. The molecule has 1 fully saturated rings. The maximum absolute atomic E-state index is 12.6. The van der Waals surface area contributed by atoms with Gasteiger partial charge in [0.2, 0.25) is 0 Å². The van der Waals surface area contributed by atoms with E-state index in [2.05, 4.69) is 0 Å². The summed E-state index contributed by atoms with van der Waals surface area (Å²) in [6.45, 7) is 2.77. The Labute approximate surface area is 114 Å². The van der Waals surface area contributed by atoms with E-state index in [1.807, 2.05) is 36.1 Å². The average molecular weight is 266 g/mol. The first-order chi connectivity index (χ1) is 8.74. The Kier molecular flexibility index (Phi) is 4.65. The van der Waals surface area contributed by atoms with Crippen molar-refractivity contribution in [3.63, 3.8) is 0 Å². The smallest absolute Gasteiger partial charge is 0.254 e. The Hall–Kier alpha value is -1.02. The van der Waals surface area contributed by atoms with Crippen molar-refractivity contribution in [2.45, 2.75) is 38.6 Å². The molecule has 18 heavy (non-hydrogen) atoms. The number of hydrogen-bond acceptors (Lipinski definition) is 1. The molecule has 0 heterocycles. The van der Waals surface area contributed by atoms with Crippen LogP contribution in [0.15, 0.2) is 24.3 Å². The van der Waals surface area contributed by atoms with E-state index in [9.17, 15) is 4.79 Å². The van der Waals surface area contributed by atoms with E-state index >= 15 is 0 Å². The van der Waals surface area contributed by atoms with Gasteiger partial charge in [0.15, 0.2) is 0 Å². The Balaban J connectivity index is 2.14. The number of benzene rings is 1. The van der Waals surface area contributed by atoms with Crippen LogP contribution in [0.1, 0.15) is 41.6 Å². The number of carbonyl (C=O) groups excluding carboxylic acids is 1. The van der Waals surface area contributed by atoms with Gasteiger partial charge in [-0.25, -0.2) is 0 Å². The van der Waals surface area contributed by atoms with Crippen molar-refractivity contribution in [2.75, 3.05) is 12.4 Å². The van der Waals surface area contributed by atoms with Gasteiger partial charge in [0.05, 0.1) is 0 Å². The Bertz CT molecular complexity index is 415. The maximum atomic E-state index is 12.6. The zero-order chi connectivity index (χ0) is 13.0. The summed E-state index contributed by atoms with van der Waals surface area (Å²) in [5.74, 6) is 0.785. The van der Waals surface area contributed by atoms with Crippen LogP contribution in [-0.4, -0.2) is 29.3 Å². The highest BCUT2D eigenvalue weighted by Crippen LogP contribution is 2.27. The van der Waals surface area contributed by atoms with Crippen molar-refractivity contribution in [1.29, 1.82) is 0 Å². The van der Waals surface area contributed by atoms with Crippen LogP contribution in [-0.2, 0) is 0 Å². The molecule has 0 atom stereocenters. The van der Waals surface area contributed by atoms with Crippen molar-refractivity contribution in [1.82, 2.24) is 4.90 Å². The van der Waals surface area contributed by atoms with E-state index in [-0.39, 0.29) is 5.91 Å². The molecule has 0 unspecified atom stereocenters. The molecule has 1 aromatic carbocycles. The minimum Gasteiger partial charge on any atom is -0.336 e. The summed E-state index contributed by atoms with van der Waals surface area (Å²) in [6, 6.07) is 8.25. The quantitative estimate of drug-likeness (QED) is 0.745. The number of rotatable bonds is 5. The van der Waals surface area contributed by atoms with Crippen LogP contribution in [0, 0.1) is 6.92 Å². The summed E-state index contributed by atoms with van der Waals surface area (Å²) in [5.41, 5.74) is 1.89.